The zero-order valence-corrected chi connectivity index (χ0v) is 77.5. The SMILES string of the molecule is CC(=O)C=C(C)O.CC(=O)C=C(C)O.C[C-]=Cc1ccccn1.[Ir].[Ir].[Ir].[Ir].[Ir].[Ir].[c-]1cc2c(cc1-c1ccccn1)c1ccccc1n2-c1ccccc1.[c-]1cccc2c1C1[N-]SN=C1c1ccccc1-2.[c-]1cccc2c1c1ncsc1c1ccccc21.[c-]1ccccc1-c1ccn[n-]1.[c-]1ccccc1-n1nc2ccccc2n1. The number of rotatable bonds is 7. The van der Waals surface area contributed by atoms with Crippen LogP contribution >= 0.6 is 23.5 Å². The molecule has 0 amide bonds. The van der Waals surface area contributed by atoms with E-state index in [2.05, 4.69) is 207 Å². The van der Waals surface area contributed by atoms with E-state index in [1.165, 1.54) is 106 Å². The Kier molecular flexibility index (Phi) is 38.9. The van der Waals surface area contributed by atoms with Crippen molar-refractivity contribution in [1.29, 1.82) is 0 Å². The average Bonchev–Trinajstić information content (AvgIpc) is 1.55. The van der Waals surface area contributed by atoms with Crippen LogP contribution in [0.15, 0.2) is 319 Å². The molecule has 586 valence electrons. The molecule has 0 spiro atoms. The zero-order chi connectivity index (χ0) is 75.0. The number of fused-ring (bicyclic) bond motifs is 16. The molecule has 6 radical (unpaired) electrons. The molecule has 7 heterocycles. The number of allylic oxidation sites excluding steroid dienone is 5. The molecule has 19 rings (SSSR count). The Morgan fingerprint density at radius 3 is 1.72 bits per heavy atom. The number of carbonyl (C=O) groups is 2. The summed E-state index contributed by atoms with van der Waals surface area (Å²) in [5, 5.41) is 40.5. The van der Waals surface area contributed by atoms with Gasteiger partial charge in [0.05, 0.1) is 17.0 Å². The van der Waals surface area contributed by atoms with Crippen molar-refractivity contribution in [2.24, 2.45) is 4.40 Å². The minimum absolute atomic E-state index is 0. The number of aromatic nitrogens is 9. The van der Waals surface area contributed by atoms with Crippen LogP contribution in [0.25, 0.3) is 120 Å². The summed E-state index contributed by atoms with van der Waals surface area (Å²) in [6, 6.07) is 105. The summed E-state index contributed by atoms with van der Waals surface area (Å²) in [6.07, 6.45) is 12.3. The molecule has 1 unspecified atom stereocenters. The van der Waals surface area contributed by atoms with Gasteiger partial charge in [0.25, 0.3) is 0 Å². The van der Waals surface area contributed by atoms with Gasteiger partial charge < -0.3 is 39.7 Å². The molecule has 2 N–H and O–H groups in total. The molecule has 6 aromatic heterocycles. The van der Waals surface area contributed by atoms with Gasteiger partial charge in [-0.05, 0) is 110 Å². The van der Waals surface area contributed by atoms with Crippen molar-refractivity contribution in [1.82, 2.24) is 44.7 Å². The summed E-state index contributed by atoms with van der Waals surface area (Å²) in [5.74, 6) is -0.125. The van der Waals surface area contributed by atoms with E-state index in [4.69, 9.17) is 10.2 Å². The van der Waals surface area contributed by atoms with Crippen LogP contribution in [0.5, 0.6) is 0 Å². The standard InChI is InChI=1S/C23H15N2.C15H8NS.C14H8N2S.C12H8N3.C9H6N2.C8H8N.2C5H8O2.6Ir/c1-2-8-18(9-3-1)25-22-12-5-4-10-19(22)20-16-17(13-14-23(20)25)21-11-6-7-15-24-21;1-3-7-12-10(5-1)11-6-2-4-8-13(11)15-14(12)16-9-17-15;1-3-7-11-9(5-1)10-6-2-4-8-12(10)14-13(11)15-17-16-14;1-2-6-10(7-3-1)15-13-11-8-4-5-9-12(11)14-15;1-2-4-8(5-3-1)9-6-7-10-11-9;1-2-5-8-6-3-4-7-9-8;2*1-4(6)3-5(2)7;;;;;;/h1-12,14-16H;1-6,8-9H;1-7,14H;1-6,8-9H;1-4,6-7H;3-7H,1H3;2*3,6H,1-2H3;;;;;;/q2*-1;-2;-1;-2;-1;;;;;;;;. The van der Waals surface area contributed by atoms with Gasteiger partial charge in [-0.2, -0.15) is 74.7 Å². The number of ketones is 2. The topological polar surface area (TPSA) is 202 Å². The van der Waals surface area contributed by atoms with E-state index in [1.807, 2.05) is 170 Å². The average molecular weight is 2600 g/mol. The Morgan fingerprint density at radius 2 is 1.10 bits per heavy atom. The first-order chi connectivity index (χ1) is 52.9. The van der Waals surface area contributed by atoms with Gasteiger partial charge in [-0.25, -0.2) is 16.2 Å². The van der Waals surface area contributed by atoms with Crippen LogP contribution in [0.3, 0.4) is 0 Å². The fraction of sp³-hybridized carbons (Fsp3) is 0.0659. The van der Waals surface area contributed by atoms with Gasteiger partial charge >= 0.3 is 0 Å². The van der Waals surface area contributed by atoms with E-state index in [0.717, 1.165) is 78.3 Å². The molecule has 0 saturated heterocycles. The molecule has 0 saturated carbocycles. The number of carbonyl (C=O) groups excluding carboxylic acids is 2. The summed E-state index contributed by atoms with van der Waals surface area (Å²) in [5.41, 5.74) is 19.9. The van der Waals surface area contributed by atoms with Gasteiger partial charge in [0.2, 0.25) is 0 Å². The molecule has 17 aromatic rings. The number of para-hydroxylation sites is 3. The molecule has 1 atom stereocenters. The quantitative estimate of drug-likeness (QED) is 0.0503. The summed E-state index contributed by atoms with van der Waals surface area (Å²) in [4.78, 5) is 34.6. The first kappa shape index (κ1) is 93.4. The van der Waals surface area contributed by atoms with Crippen LogP contribution < -0.4 is 5.10 Å². The fourth-order valence-electron chi connectivity index (χ4n) is 11.9. The monoisotopic (exact) mass is 2600 g/mol. The second kappa shape index (κ2) is 47.4. The van der Waals surface area contributed by atoms with Gasteiger partial charge in [0.15, 0.2) is 11.6 Å². The Morgan fingerprint density at radius 1 is 0.509 bits per heavy atom. The van der Waals surface area contributed by atoms with Crippen LogP contribution in [0, 0.1) is 36.4 Å². The van der Waals surface area contributed by atoms with Gasteiger partial charge in [0, 0.05) is 172 Å². The molecule has 0 bridgehead atoms. The largest absolute Gasteiger partial charge is 0.619 e. The number of hydrogen-bond acceptors (Lipinski definition) is 13. The van der Waals surface area contributed by atoms with Crippen molar-refractivity contribution in [3.05, 3.63) is 373 Å². The van der Waals surface area contributed by atoms with E-state index < -0.39 is 0 Å². The van der Waals surface area contributed by atoms with Crippen molar-refractivity contribution in [2.75, 3.05) is 0 Å². The van der Waals surface area contributed by atoms with E-state index in [0.29, 0.717) is 0 Å². The zero-order valence-electron chi connectivity index (χ0n) is 61.5. The third-order valence-electron chi connectivity index (χ3n) is 16.3. The summed E-state index contributed by atoms with van der Waals surface area (Å²) < 4.78 is 12.5. The number of hydrogen-bond donors (Lipinski definition) is 2. The van der Waals surface area contributed by atoms with Gasteiger partial charge in [0.1, 0.15) is 11.0 Å². The maximum absolute atomic E-state index is 10.0. The Hall–Kier alpha value is -9.42. The summed E-state index contributed by atoms with van der Waals surface area (Å²) in [6.45, 7) is 7.55. The molecular formula is C91H69Ir6N11O4S2-8. The molecule has 1 aliphatic carbocycles. The van der Waals surface area contributed by atoms with Crippen LogP contribution in [-0.4, -0.2) is 67.1 Å². The number of nitrogens with zero attached hydrogens (tertiary/aromatic N) is 11. The third-order valence-corrected chi connectivity index (χ3v) is 17.8. The van der Waals surface area contributed by atoms with Crippen LogP contribution in [0.2, 0.25) is 0 Å². The first-order valence-corrected chi connectivity index (χ1v) is 35.9. The minimum atomic E-state index is -0.125. The summed E-state index contributed by atoms with van der Waals surface area (Å²) in [7, 11) is 0. The molecule has 15 nitrogen and oxygen atoms in total. The number of pyridine rings is 2. The molecule has 1 aliphatic heterocycles. The maximum atomic E-state index is 10.0. The third kappa shape index (κ3) is 24.6. The number of benzene rings is 11. The van der Waals surface area contributed by atoms with E-state index in [1.54, 1.807) is 28.5 Å². The predicted molar refractivity (Wildman–Crippen MR) is 439 cm³/mol. The van der Waals surface area contributed by atoms with Crippen molar-refractivity contribution >= 4 is 111 Å². The Labute approximate surface area is 751 Å². The van der Waals surface area contributed by atoms with Crippen LogP contribution in [0.4, 0.5) is 0 Å². The number of aliphatic hydroxyl groups excluding tert-OH is 2. The smallest absolute Gasteiger partial charge is 0.155 e. The van der Waals surface area contributed by atoms with Gasteiger partial charge in [-0.15, -0.1) is 138 Å². The fourth-order valence-corrected chi connectivity index (χ4v) is 13.3. The van der Waals surface area contributed by atoms with Crippen molar-refractivity contribution in [3.63, 3.8) is 0 Å². The second-order valence-electron chi connectivity index (χ2n) is 24.1. The van der Waals surface area contributed by atoms with Crippen molar-refractivity contribution in [2.45, 2.75) is 40.7 Å². The molecular weight excluding hydrogens is 2530 g/mol. The number of thiazole rings is 1. The Bertz CT molecular complexity index is 5860. The maximum Gasteiger partial charge on any atom is 0.155 e. The van der Waals surface area contributed by atoms with Crippen LogP contribution in [-0.2, 0) is 130 Å². The normalized spacial score (nSPS) is 11.8. The van der Waals surface area contributed by atoms with E-state index in [9.17, 15) is 9.59 Å². The first-order valence-electron chi connectivity index (χ1n) is 34.3. The van der Waals surface area contributed by atoms with E-state index in [-0.39, 0.29) is 150 Å². The van der Waals surface area contributed by atoms with Crippen molar-refractivity contribution in [3.8, 4) is 45.0 Å². The second-order valence-corrected chi connectivity index (χ2v) is 25.5. The summed E-state index contributed by atoms with van der Waals surface area (Å²) >= 11 is 3.00. The molecule has 23 heteroatoms. The molecule has 0 fully saturated rings. The van der Waals surface area contributed by atoms with Crippen LogP contribution in [0.1, 0.15) is 57.5 Å². The number of aliphatic hydroxyl groups is 2. The van der Waals surface area contributed by atoms with Gasteiger partial charge in [-0.3, -0.25) is 20.6 Å². The minimum Gasteiger partial charge on any atom is -0.619 e. The van der Waals surface area contributed by atoms with E-state index >= 15 is 0 Å². The Balaban J connectivity index is 0.000000208. The predicted octanol–water partition coefficient (Wildman–Crippen LogP) is 21.7. The molecule has 2 aliphatic rings. The molecule has 114 heavy (non-hydrogen) atoms. The van der Waals surface area contributed by atoms with Crippen molar-refractivity contribution < 1.29 is 140 Å². The van der Waals surface area contributed by atoms with Gasteiger partial charge in [-0.1, -0.05) is 149 Å². The molecule has 11 aromatic carbocycles.